The monoisotopic (exact) mass is 367 g/mol. The van der Waals surface area contributed by atoms with E-state index < -0.39 is 0 Å². The van der Waals surface area contributed by atoms with Crippen molar-refractivity contribution < 1.29 is 0 Å². The lowest BCUT2D eigenvalue weighted by Gasteiger charge is -2.18. The van der Waals surface area contributed by atoms with E-state index in [0.29, 0.717) is 0 Å². The molecule has 0 radical (unpaired) electrons. The summed E-state index contributed by atoms with van der Waals surface area (Å²) in [6, 6.07) is 17.9. The summed E-state index contributed by atoms with van der Waals surface area (Å²) in [5.74, 6) is 0. The van der Waals surface area contributed by atoms with Crippen LogP contribution in [-0.4, -0.2) is 16.5 Å². The first-order valence-corrected chi connectivity index (χ1v) is 10.0. The van der Waals surface area contributed by atoms with Crippen LogP contribution in [0.2, 0.25) is 0 Å². The fraction of sp³-hybridized carbons (Fsp3) is 0.240. The number of nitrogens with one attached hydrogen (secondary N) is 2. The van der Waals surface area contributed by atoms with Crippen LogP contribution in [0.3, 0.4) is 0 Å². The molecule has 3 nitrogen and oxygen atoms in total. The van der Waals surface area contributed by atoms with Gasteiger partial charge in [-0.3, -0.25) is 4.98 Å². The molecule has 0 aliphatic carbocycles. The van der Waals surface area contributed by atoms with Crippen LogP contribution in [0.25, 0.3) is 33.3 Å². The lowest BCUT2D eigenvalue weighted by atomic mass is 9.96. The molecule has 2 N–H and O–H groups in total. The van der Waals surface area contributed by atoms with E-state index >= 15 is 0 Å². The molecule has 28 heavy (non-hydrogen) atoms. The van der Waals surface area contributed by atoms with E-state index in [2.05, 4.69) is 84.6 Å². The second-order valence-corrected chi connectivity index (χ2v) is 7.93. The van der Waals surface area contributed by atoms with Gasteiger partial charge in [-0.05, 0) is 86.2 Å². The lowest BCUT2D eigenvalue weighted by molar-refractivity contribution is 0.830. The van der Waals surface area contributed by atoms with Crippen LogP contribution in [0.15, 0.2) is 48.5 Å². The van der Waals surface area contributed by atoms with Crippen molar-refractivity contribution in [2.45, 2.75) is 33.6 Å². The molecular weight excluding hydrogens is 342 g/mol. The van der Waals surface area contributed by atoms with E-state index in [9.17, 15) is 0 Å². The fourth-order valence-corrected chi connectivity index (χ4v) is 4.44. The van der Waals surface area contributed by atoms with Gasteiger partial charge in [0.15, 0.2) is 0 Å². The Morgan fingerprint density at radius 3 is 2.39 bits per heavy atom. The molecule has 5 rings (SSSR count). The largest absolute Gasteiger partial charge is 0.385 e. The maximum absolute atomic E-state index is 4.51. The number of hydrogen-bond acceptors (Lipinski definition) is 2. The molecule has 140 valence electrons. The molecule has 1 aliphatic rings. The van der Waals surface area contributed by atoms with E-state index in [1.807, 2.05) is 0 Å². The highest BCUT2D eigenvalue weighted by Crippen LogP contribution is 2.34. The van der Waals surface area contributed by atoms with Crippen LogP contribution in [-0.2, 0) is 6.42 Å². The Balaban J connectivity index is 1.60. The Morgan fingerprint density at radius 1 is 0.821 bits per heavy atom. The van der Waals surface area contributed by atoms with Crippen molar-refractivity contribution in [3.05, 3.63) is 71.0 Å². The molecule has 0 amide bonds. The van der Waals surface area contributed by atoms with E-state index in [4.69, 9.17) is 0 Å². The number of fused-ring (bicyclic) bond motifs is 2. The van der Waals surface area contributed by atoms with Crippen LogP contribution >= 0.6 is 0 Å². The predicted molar refractivity (Wildman–Crippen MR) is 118 cm³/mol. The highest BCUT2D eigenvalue weighted by molar-refractivity contribution is 5.93. The summed E-state index contributed by atoms with van der Waals surface area (Å²) in [5, 5.41) is 4.78. The molecule has 3 heterocycles. The van der Waals surface area contributed by atoms with Gasteiger partial charge >= 0.3 is 0 Å². The van der Waals surface area contributed by atoms with Crippen LogP contribution in [0.4, 0.5) is 5.69 Å². The topological polar surface area (TPSA) is 40.7 Å². The molecule has 2 aromatic carbocycles. The van der Waals surface area contributed by atoms with Crippen molar-refractivity contribution in [3.63, 3.8) is 0 Å². The number of nitrogens with zero attached hydrogens (tertiary/aromatic N) is 1. The highest BCUT2D eigenvalue weighted by atomic mass is 14.9. The van der Waals surface area contributed by atoms with Gasteiger partial charge in [0.1, 0.15) is 0 Å². The van der Waals surface area contributed by atoms with Crippen LogP contribution in [0.5, 0.6) is 0 Å². The van der Waals surface area contributed by atoms with Crippen LogP contribution in [0, 0.1) is 20.8 Å². The molecule has 0 bridgehead atoms. The smallest absolute Gasteiger partial charge is 0.0495 e. The standard InChI is InChI=1S/C25H25N3/c1-15-11-21(12-16(2)27-15)25-17(3)22-8-6-19(14-24(22)28-25)18-7-9-23-20(13-18)5-4-10-26-23/h6-9,11-14,26,28H,4-5,10H2,1-3H3. The van der Waals surface area contributed by atoms with Gasteiger partial charge in [-0.25, -0.2) is 0 Å². The zero-order chi connectivity index (χ0) is 19.3. The number of anilines is 1. The van der Waals surface area contributed by atoms with Crippen molar-refractivity contribution >= 4 is 16.6 Å². The molecule has 0 saturated carbocycles. The molecule has 0 atom stereocenters. The third-order valence-corrected chi connectivity index (χ3v) is 5.81. The molecule has 2 aromatic heterocycles. The predicted octanol–water partition coefficient (Wildman–Crippen LogP) is 6.18. The number of aromatic amines is 1. The molecule has 0 unspecified atom stereocenters. The molecule has 4 aromatic rings. The minimum absolute atomic E-state index is 1.05. The average Bonchev–Trinajstić information content (AvgIpc) is 3.03. The molecule has 0 saturated heterocycles. The Labute approximate surface area is 165 Å². The van der Waals surface area contributed by atoms with E-state index in [0.717, 1.165) is 24.4 Å². The molecular formula is C25H25N3. The quantitative estimate of drug-likeness (QED) is 0.444. The number of rotatable bonds is 2. The van der Waals surface area contributed by atoms with Crippen molar-refractivity contribution in [2.75, 3.05) is 11.9 Å². The second-order valence-electron chi connectivity index (χ2n) is 7.93. The summed E-state index contributed by atoms with van der Waals surface area (Å²) in [5.41, 5.74) is 12.2. The third-order valence-electron chi connectivity index (χ3n) is 5.81. The Kier molecular flexibility index (Phi) is 3.97. The normalized spacial score (nSPS) is 13.4. The Morgan fingerprint density at radius 2 is 1.57 bits per heavy atom. The minimum atomic E-state index is 1.05. The zero-order valence-electron chi connectivity index (χ0n) is 16.7. The van der Waals surface area contributed by atoms with E-state index in [1.165, 1.54) is 56.5 Å². The van der Waals surface area contributed by atoms with Crippen molar-refractivity contribution in [2.24, 2.45) is 0 Å². The molecule has 3 heteroatoms. The first-order chi connectivity index (χ1) is 13.6. The van der Waals surface area contributed by atoms with E-state index in [1.54, 1.807) is 0 Å². The van der Waals surface area contributed by atoms with Gasteiger partial charge in [-0.1, -0.05) is 18.2 Å². The first kappa shape index (κ1) is 17.1. The van der Waals surface area contributed by atoms with Gasteiger partial charge in [0.2, 0.25) is 0 Å². The summed E-state index contributed by atoms with van der Waals surface area (Å²) in [6.45, 7) is 7.38. The second kappa shape index (κ2) is 6.52. The number of hydrogen-bond donors (Lipinski definition) is 2. The number of pyridine rings is 1. The number of H-pyrrole nitrogens is 1. The van der Waals surface area contributed by atoms with Gasteiger partial charge in [0.05, 0.1) is 0 Å². The van der Waals surface area contributed by atoms with Crippen molar-refractivity contribution in [1.29, 1.82) is 0 Å². The SMILES string of the molecule is Cc1cc(-c2[nH]c3cc(-c4ccc5c(c4)CCCN5)ccc3c2C)cc(C)n1. The van der Waals surface area contributed by atoms with Gasteiger partial charge in [-0.15, -0.1) is 0 Å². The maximum atomic E-state index is 4.51. The Bertz CT molecular complexity index is 1180. The fourth-order valence-electron chi connectivity index (χ4n) is 4.44. The maximum Gasteiger partial charge on any atom is 0.0495 e. The molecule has 0 fully saturated rings. The number of aromatic nitrogens is 2. The van der Waals surface area contributed by atoms with Gasteiger partial charge < -0.3 is 10.3 Å². The van der Waals surface area contributed by atoms with Crippen molar-refractivity contribution in [1.82, 2.24) is 9.97 Å². The van der Waals surface area contributed by atoms with Gasteiger partial charge in [0, 0.05) is 45.8 Å². The summed E-state index contributed by atoms with van der Waals surface area (Å²) in [7, 11) is 0. The average molecular weight is 367 g/mol. The highest BCUT2D eigenvalue weighted by Gasteiger charge is 2.13. The zero-order valence-corrected chi connectivity index (χ0v) is 16.7. The first-order valence-electron chi connectivity index (χ1n) is 10.0. The van der Waals surface area contributed by atoms with Crippen molar-refractivity contribution in [3.8, 4) is 22.4 Å². The van der Waals surface area contributed by atoms with Gasteiger partial charge in [0.25, 0.3) is 0 Å². The summed E-state index contributed by atoms with van der Waals surface area (Å²) in [4.78, 5) is 8.18. The number of aryl methyl sites for hydroxylation is 4. The summed E-state index contributed by atoms with van der Waals surface area (Å²) < 4.78 is 0. The van der Waals surface area contributed by atoms with E-state index in [-0.39, 0.29) is 0 Å². The van der Waals surface area contributed by atoms with Gasteiger partial charge in [-0.2, -0.15) is 0 Å². The molecule has 0 spiro atoms. The molecule has 1 aliphatic heterocycles. The lowest BCUT2D eigenvalue weighted by Crippen LogP contribution is -2.11. The minimum Gasteiger partial charge on any atom is -0.385 e. The van der Waals surface area contributed by atoms with Crippen LogP contribution in [0.1, 0.15) is 28.9 Å². The summed E-state index contributed by atoms with van der Waals surface area (Å²) >= 11 is 0. The third kappa shape index (κ3) is 2.88. The summed E-state index contributed by atoms with van der Waals surface area (Å²) in [6.07, 6.45) is 2.37. The number of benzene rings is 2. The Hall–Kier alpha value is -3.07. The van der Waals surface area contributed by atoms with Crippen LogP contribution < -0.4 is 5.32 Å².